The van der Waals surface area contributed by atoms with E-state index in [0.717, 1.165) is 5.56 Å². The molecule has 2 unspecified atom stereocenters. The highest BCUT2D eigenvalue weighted by molar-refractivity contribution is 5.87. The highest BCUT2D eigenvalue weighted by Crippen LogP contribution is 2.29. The van der Waals surface area contributed by atoms with Crippen LogP contribution in [0.15, 0.2) is 18.2 Å². The van der Waals surface area contributed by atoms with Gasteiger partial charge < -0.3 is 25.3 Å². The smallest absolute Gasteiger partial charge is 0.243 e. The molecule has 1 fully saturated rings. The first-order valence-corrected chi connectivity index (χ1v) is 6.89. The monoisotopic (exact) mass is 294 g/mol. The van der Waals surface area contributed by atoms with Crippen molar-refractivity contribution in [2.45, 2.75) is 24.9 Å². The summed E-state index contributed by atoms with van der Waals surface area (Å²) < 4.78 is 15.7. The lowest BCUT2D eigenvalue weighted by atomic mass is 9.98. The van der Waals surface area contributed by atoms with Crippen LogP contribution in [-0.4, -0.2) is 38.9 Å². The van der Waals surface area contributed by atoms with Crippen molar-refractivity contribution in [1.82, 2.24) is 5.32 Å². The third-order valence-electron chi connectivity index (χ3n) is 3.76. The summed E-state index contributed by atoms with van der Waals surface area (Å²) in [5.41, 5.74) is 5.99. The largest absolute Gasteiger partial charge is 0.497 e. The number of hydrogen-bond acceptors (Lipinski definition) is 5. The molecule has 1 aliphatic heterocycles. The van der Waals surface area contributed by atoms with Crippen LogP contribution in [0.1, 0.15) is 24.9 Å². The van der Waals surface area contributed by atoms with Crippen molar-refractivity contribution in [1.29, 1.82) is 0 Å². The fourth-order valence-corrected chi connectivity index (χ4v) is 2.35. The maximum Gasteiger partial charge on any atom is 0.243 e. The van der Waals surface area contributed by atoms with E-state index in [-0.39, 0.29) is 18.6 Å². The molecule has 1 aromatic rings. The minimum absolute atomic E-state index is 0.203. The van der Waals surface area contributed by atoms with Crippen molar-refractivity contribution in [3.63, 3.8) is 0 Å². The lowest BCUT2D eigenvalue weighted by molar-refractivity contribution is -0.127. The van der Waals surface area contributed by atoms with Crippen LogP contribution < -0.4 is 20.5 Å². The SMILES string of the molecule is COc1ccc(C(C)NC(=O)C2(N)CCOC2)c(OC)c1. The van der Waals surface area contributed by atoms with Crippen molar-refractivity contribution >= 4 is 5.91 Å². The number of carbonyl (C=O) groups is 1. The molecule has 6 heteroatoms. The van der Waals surface area contributed by atoms with Crippen LogP contribution in [0.3, 0.4) is 0 Å². The quantitative estimate of drug-likeness (QED) is 0.846. The number of carbonyl (C=O) groups excluding carboxylic acids is 1. The number of rotatable bonds is 5. The molecule has 21 heavy (non-hydrogen) atoms. The lowest BCUT2D eigenvalue weighted by Gasteiger charge is -2.25. The topological polar surface area (TPSA) is 82.8 Å². The molecule has 2 atom stereocenters. The Morgan fingerprint density at radius 3 is 2.76 bits per heavy atom. The minimum atomic E-state index is -0.937. The van der Waals surface area contributed by atoms with Gasteiger partial charge in [0.05, 0.1) is 26.9 Å². The molecule has 1 aliphatic rings. The van der Waals surface area contributed by atoms with E-state index in [1.165, 1.54) is 0 Å². The molecule has 0 spiro atoms. The number of nitrogens with one attached hydrogen (secondary N) is 1. The molecule has 2 rings (SSSR count). The molecule has 6 nitrogen and oxygen atoms in total. The summed E-state index contributed by atoms with van der Waals surface area (Å²) in [5, 5.41) is 2.93. The van der Waals surface area contributed by atoms with Crippen LogP contribution >= 0.6 is 0 Å². The Morgan fingerprint density at radius 1 is 1.43 bits per heavy atom. The highest BCUT2D eigenvalue weighted by Gasteiger charge is 2.38. The molecule has 0 saturated carbocycles. The van der Waals surface area contributed by atoms with Gasteiger partial charge in [0.15, 0.2) is 0 Å². The maximum absolute atomic E-state index is 12.3. The van der Waals surface area contributed by atoms with Gasteiger partial charge in [-0.15, -0.1) is 0 Å². The van der Waals surface area contributed by atoms with Crippen LogP contribution in [0.5, 0.6) is 11.5 Å². The van der Waals surface area contributed by atoms with Crippen molar-refractivity contribution in [3.05, 3.63) is 23.8 Å². The lowest BCUT2D eigenvalue weighted by Crippen LogP contribution is -2.54. The third kappa shape index (κ3) is 3.28. The van der Waals surface area contributed by atoms with E-state index in [9.17, 15) is 4.79 Å². The van der Waals surface area contributed by atoms with Gasteiger partial charge in [-0.3, -0.25) is 4.79 Å². The zero-order chi connectivity index (χ0) is 15.5. The summed E-state index contributed by atoms with van der Waals surface area (Å²) >= 11 is 0. The van der Waals surface area contributed by atoms with Crippen molar-refractivity contribution in [2.75, 3.05) is 27.4 Å². The standard InChI is InChI=1S/C15H22N2O4/c1-10(17-14(18)15(16)6-7-21-9-15)12-5-4-11(19-2)8-13(12)20-3/h4-5,8,10H,6-7,9,16H2,1-3H3,(H,17,18). The van der Waals surface area contributed by atoms with E-state index >= 15 is 0 Å². The van der Waals surface area contributed by atoms with Gasteiger partial charge >= 0.3 is 0 Å². The highest BCUT2D eigenvalue weighted by atomic mass is 16.5. The van der Waals surface area contributed by atoms with E-state index < -0.39 is 5.54 Å². The Kier molecular flexibility index (Phi) is 4.69. The molecule has 1 heterocycles. The number of hydrogen-bond donors (Lipinski definition) is 2. The summed E-state index contributed by atoms with van der Waals surface area (Å²) in [6.45, 7) is 2.66. The van der Waals surface area contributed by atoms with E-state index in [1.54, 1.807) is 20.3 Å². The normalized spacial score (nSPS) is 22.7. The average molecular weight is 294 g/mol. The Labute approximate surface area is 124 Å². The Bertz CT molecular complexity index is 512. The fraction of sp³-hybridized carbons (Fsp3) is 0.533. The van der Waals surface area contributed by atoms with Crippen molar-refractivity contribution < 1.29 is 19.0 Å². The second kappa shape index (κ2) is 6.32. The van der Waals surface area contributed by atoms with Crippen LogP contribution in [0, 0.1) is 0 Å². The predicted octanol–water partition coefficient (Wildman–Crippen LogP) is 0.999. The number of ether oxygens (including phenoxy) is 3. The van der Waals surface area contributed by atoms with Gasteiger partial charge in [-0.25, -0.2) is 0 Å². The Hall–Kier alpha value is -1.79. The fourth-order valence-electron chi connectivity index (χ4n) is 2.35. The van der Waals surface area contributed by atoms with Crippen molar-refractivity contribution in [3.8, 4) is 11.5 Å². The number of nitrogens with two attached hydrogens (primary N) is 1. The molecule has 1 saturated heterocycles. The van der Waals surface area contributed by atoms with Crippen LogP contribution in [0.4, 0.5) is 0 Å². The van der Waals surface area contributed by atoms with Crippen molar-refractivity contribution in [2.24, 2.45) is 5.73 Å². The molecule has 0 radical (unpaired) electrons. The van der Waals surface area contributed by atoms with Gasteiger partial charge in [0.2, 0.25) is 5.91 Å². The van der Waals surface area contributed by atoms with E-state index in [2.05, 4.69) is 5.32 Å². The Morgan fingerprint density at radius 2 is 2.19 bits per heavy atom. The zero-order valence-electron chi connectivity index (χ0n) is 12.6. The van der Waals surface area contributed by atoms with Gasteiger partial charge in [0.1, 0.15) is 17.0 Å². The number of amides is 1. The maximum atomic E-state index is 12.3. The van der Waals surface area contributed by atoms with E-state index in [4.69, 9.17) is 19.9 Å². The van der Waals surface area contributed by atoms with Gasteiger partial charge in [-0.05, 0) is 25.5 Å². The molecule has 116 valence electrons. The van der Waals surface area contributed by atoms with Crippen LogP contribution in [0.2, 0.25) is 0 Å². The minimum Gasteiger partial charge on any atom is -0.497 e. The average Bonchev–Trinajstić information content (AvgIpc) is 2.94. The summed E-state index contributed by atoms with van der Waals surface area (Å²) in [6, 6.07) is 5.27. The second-order valence-corrected chi connectivity index (χ2v) is 5.26. The molecular formula is C15H22N2O4. The first-order chi connectivity index (χ1) is 10.00. The summed E-state index contributed by atoms with van der Waals surface area (Å²) in [5.74, 6) is 1.16. The second-order valence-electron chi connectivity index (χ2n) is 5.26. The molecule has 0 aromatic heterocycles. The first-order valence-electron chi connectivity index (χ1n) is 6.89. The van der Waals surface area contributed by atoms with Gasteiger partial charge in [-0.2, -0.15) is 0 Å². The Balaban J connectivity index is 2.12. The predicted molar refractivity (Wildman–Crippen MR) is 78.5 cm³/mol. The zero-order valence-corrected chi connectivity index (χ0v) is 12.6. The molecule has 1 amide bonds. The summed E-state index contributed by atoms with van der Waals surface area (Å²) in [6.07, 6.45) is 0.533. The third-order valence-corrected chi connectivity index (χ3v) is 3.76. The van der Waals surface area contributed by atoms with Crippen LogP contribution in [0.25, 0.3) is 0 Å². The van der Waals surface area contributed by atoms with Gasteiger partial charge in [0.25, 0.3) is 0 Å². The van der Waals surface area contributed by atoms with E-state index in [1.807, 2.05) is 19.1 Å². The molecule has 1 aromatic carbocycles. The summed E-state index contributed by atoms with van der Waals surface area (Å²) in [7, 11) is 3.18. The molecule has 0 bridgehead atoms. The number of methoxy groups -OCH3 is 2. The first kappa shape index (κ1) is 15.6. The molecule has 3 N–H and O–H groups in total. The van der Waals surface area contributed by atoms with E-state index in [0.29, 0.717) is 24.5 Å². The van der Waals surface area contributed by atoms with Crippen LogP contribution in [-0.2, 0) is 9.53 Å². The molecular weight excluding hydrogens is 272 g/mol. The van der Waals surface area contributed by atoms with Gasteiger partial charge in [-0.1, -0.05) is 0 Å². The summed E-state index contributed by atoms with van der Waals surface area (Å²) in [4.78, 5) is 12.3. The number of benzene rings is 1. The van der Waals surface area contributed by atoms with Gasteiger partial charge in [0, 0.05) is 18.2 Å². The molecule has 0 aliphatic carbocycles.